The van der Waals surface area contributed by atoms with Crippen LogP contribution in [0.2, 0.25) is 0 Å². The first-order valence-electron chi connectivity index (χ1n) is 10.00. The number of benzene rings is 2. The lowest BCUT2D eigenvalue weighted by Crippen LogP contribution is -2.52. The predicted molar refractivity (Wildman–Crippen MR) is 115 cm³/mol. The van der Waals surface area contributed by atoms with Crippen LogP contribution in [0.25, 0.3) is 0 Å². The number of halogens is 1. The van der Waals surface area contributed by atoms with Crippen LogP contribution in [-0.2, 0) is 4.74 Å². The SMILES string of the molecule is COC(=O)c1ccc(N2CCN(c3nccc(Oc4ccc(F)cc4)n3)C(C)C2)cc1. The molecular weight excluding hydrogens is 399 g/mol. The van der Waals surface area contributed by atoms with E-state index in [0.717, 1.165) is 25.3 Å². The molecule has 0 bridgehead atoms. The fourth-order valence-corrected chi connectivity index (χ4v) is 3.57. The number of piperazine rings is 1. The highest BCUT2D eigenvalue weighted by Gasteiger charge is 2.26. The van der Waals surface area contributed by atoms with Gasteiger partial charge in [0.05, 0.1) is 12.7 Å². The van der Waals surface area contributed by atoms with Crippen molar-refractivity contribution in [3.8, 4) is 11.6 Å². The predicted octanol–water partition coefficient (Wildman–Crippen LogP) is 3.91. The number of esters is 1. The molecule has 3 aromatic rings. The van der Waals surface area contributed by atoms with Crippen LogP contribution in [0.5, 0.6) is 11.6 Å². The standard InChI is InChI=1S/C23H23FN4O3/c1-16-15-27(19-7-3-17(4-8-19)22(29)30-2)13-14-28(16)23-25-12-11-21(26-23)31-20-9-5-18(24)6-10-20/h3-12,16H,13-15H2,1-2H3. The van der Waals surface area contributed by atoms with Crippen molar-refractivity contribution < 1.29 is 18.7 Å². The summed E-state index contributed by atoms with van der Waals surface area (Å²) < 4.78 is 23.6. The van der Waals surface area contributed by atoms with Crippen LogP contribution in [0, 0.1) is 5.82 Å². The van der Waals surface area contributed by atoms with Gasteiger partial charge in [0, 0.05) is 43.6 Å². The third kappa shape index (κ3) is 4.74. The van der Waals surface area contributed by atoms with Crippen LogP contribution in [-0.4, -0.2) is 48.7 Å². The fraction of sp³-hybridized carbons (Fsp3) is 0.261. The van der Waals surface area contributed by atoms with Crippen molar-refractivity contribution in [2.75, 3.05) is 36.5 Å². The molecule has 1 fully saturated rings. The summed E-state index contributed by atoms with van der Waals surface area (Å²) in [5.74, 6) is 0.851. The number of nitrogens with zero attached hydrogens (tertiary/aromatic N) is 4. The van der Waals surface area contributed by atoms with E-state index in [4.69, 9.17) is 9.47 Å². The monoisotopic (exact) mass is 422 g/mol. The van der Waals surface area contributed by atoms with E-state index in [0.29, 0.717) is 23.1 Å². The quantitative estimate of drug-likeness (QED) is 0.578. The summed E-state index contributed by atoms with van der Waals surface area (Å²) in [6, 6.07) is 15.1. The molecule has 0 amide bonds. The summed E-state index contributed by atoms with van der Waals surface area (Å²) in [5, 5.41) is 0. The molecule has 1 atom stereocenters. The molecule has 2 heterocycles. The van der Waals surface area contributed by atoms with E-state index in [1.165, 1.54) is 19.2 Å². The van der Waals surface area contributed by atoms with E-state index in [1.54, 1.807) is 36.5 Å². The summed E-state index contributed by atoms with van der Waals surface area (Å²) in [6.07, 6.45) is 1.66. The van der Waals surface area contributed by atoms with E-state index in [-0.39, 0.29) is 17.8 Å². The molecule has 2 aromatic carbocycles. The number of aromatic nitrogens is 2. The highest BCUT2D eigenvalue weighted by molar-refractivity contribution is 5.89. The number of hydrogen-bond donors (Lipinski definition) is 0. The van der Waals surface area contributed by atoms with Gasteiger partial charge in [-0.25, -0.2) is 14.2 Å². The average Bonchev–Trinajstić information content (AvgIpc) is 2.80. The number of carbonyl (C=O) groups is 1. The van der Waals surface area contributed by atoms with Gasteiger partial charge in [0.15, 0.2) is 0 Å². The number of carbonyl (C=O) groups excluding carboxylic acids is 1. The van der Waals surface area contributed by atoms with Gasteiger partial charge in [0.1, 0.15) is 11.6 Å². The number of rotatable bonds is 5. The molecule has 1 aliphatic heterocycles. The van der Waals surface area contributed by atoms with E-state index < -0.39 is 0 Å². The lowest BCUT2D eigenvalue weighted by atomic mass is 10.1. The summed E-state index contributed by atoms with van der Waals surface area (Å²) in [6.45, 7) is 4.42. The molecule has 8 heteroatoms. The number of hydrogen-bond acceptors (Lipinski definition) is 7. The van der Waals surface area contributed by atoms with Crippen LogP contribution in [0.15, 0.2) is 60.8 Å². The topological polar surface area (TPSA) is 67.8 Å². The van der Waals surface area contributed by atoms with Crippen LogP contribution in [0.3, 0.4) is 0 Å². The lowest BCUT2D eigenvalue weighted by molar-refractivity contribution is 0.0600. The fourth-order valence-electron chi connectivity index (χ4n) is 3.57. The second-order valence-electron chi connectivity index (χ2n) is 7.28. The molecule has 1 unspecified atom stereocenters. The second kappa shape index (κ2) is 8.99. The molecule has 1 aromatic heterocycles. The Bertz CT molecular complexity index is 1040. The number of ether oxygens (including phenoxy) is 2. The Labute approximate surface area is 180 Å². The zero-order valence-corrected chi connectivity index (χ0v) is 17.4. The Kier molecular flexibility index (Phi) is 5.97. The van der Waals surface area contributed by atoms with Gasteiger partial charge in [-0.15, -0.1) is 0 Å². The van der Waals surface area contributed by atoms with Crippen molar-refractivity contribution in [1.29, 1.82) is 0 Å². The molecule has 160 valence electrons. The Morgan fingerprint density at radius 2 is 1.81 bits per heavy atom. The first-order chi connectivity index (χ1) is 15.0. The van der Waals surface area contributed by atoms with Crippen molar-refractivity contribution in [2.24, 2.45) is 0 Å². The third-order valence-corrected chi connectivity index (χ3v) is 5.19. The summed E-state index contributed by atoms with van der Waals surface area (Å²) in [4.78, 5) is 25.0. The number of methoxy groups -OCH3 is 1. The van der Waals surface area contributed by atoms with Crippen molar-refractivity contribution in [3.05, 3.63) is 72.2 Å². The minimum absolute atomic E-state index is 0.162. The molecule has 1 aliphatic rings. The van der Waals surface area contributed by atoms with E-state index in [9.17, 15) is 9.18 Å². The molecule has 1 saturated heterocycles. The van der Waals surface area contributed by atoms with Gasteiger partial charge in [0.25, 0.3) is 0 Å². The number of anilines is 2. The molecular formula is C23H23FN4O3. The van der Waals surface area contributed by atoms with Gasteiger partial charge in [-0.3, -0.25) is 0 Å². The van der Waals surface area contributed by atoms with Crippen LogP contribution < -0.4 is 14.5 Å². The van der Waals surface area contributed by atoms with E-state index in [1.807, 2.05) is 12.1 Å². The Morgan fingerprint density at radius 1 is 1.06 bits per heavy atom. The van der Waals surface area contributed by atoms with Gasteiger partial charge < -0.3 is 19.3 Å². The average molecular weight is 422 g/mol. The molecule has 0 aliphatic carbocycles. The molecule has 7 nitrogen and oxygen atoms in total. The largest absolute Gasteiger partial charge is 0.465 e. The van der Waals surface area contributed by atoms with Gasteiger partial charge in [-0.1, -0.05) is 0 Å². The zero-order valence-electron chi connectivity index (χ0n) is 17.4. The first-order valence-corrected chi connectivity index (χ1v) is 10.00. The minimum atomic E-state index is -0.343. The summed E-state index contributed by atoms with van der Waals surface area (Å²) in [5.41, 5.74) is 1.58. The Morgan fingerprint density at radius 3 is 2.48 bits per heavy atom. The minimum Gasteiger partial charge on any atom is -0.465 e. The molecule has 4 rings (SSSR count). The zero-order chi connectivity index (χ0) is 21.8. The molecule has 0 spiro atoms. The van der Waals surface area contributed by atoms with Crippen molar-refractivity contribution in [2.45, 2.75) is 13.0 Å². The van der Waals surface area contributed by atoms with Crippen molar-refractivity contribution >= 4 is 17.6 Å². The molecule has 0 N–H and O–H groups in total. The maximum atomic E-state index is 13.1. The highest BCUT2D eigenvalue weighted by atomic mass is 19.1. The molecule has 31 heavy (non-hydrogen) atoms. The van der Waals surface area contributed by atoms with Gasteiger partial charge in [-0.05, 0) is 55.5 Å². The van der Waals surface area contributed by atoms with Crippen LogP contribution >= 0.6 is 0 Å². The first kappa shape index (κ1) is 20.6. The smallest absolute Gasteiger partial charge is 0.337 e. The maximum absolute atomic E-state index is 13.1. The van der Waals surface area contributed by atoms with Crippen molar-refractivity contribution in [1.82, 2.24) is 9.97 Å². The molecule has 0 radical (unpaired) electrons. The maximum Gasteiger partial charge on any atom is 0.337 e. The summed E-state index contributed by atoms with van der Waals surface area (Å²) in [7, 11) is 1.37. The van der Waals surface area contributed by atoms with Gasteiger partial charge in [0.2, 0.25) is 11.8 Å². The second-order valence-corrected chi connectivity index (χ2v) is 7.28. The van der Waals surface area contributed by atoms with Gasteiger partial charge >= 0.3 is 5.97 Å². The Hall–Kier alpha value is -3.68. The van der Waals surface area contributed by atoms with Crippen molar-refractivity contribution in [3.63, 3.8) is 0 Å². The normalized spacial score (nSPS) is 16.2. The van der Waals surface area contributed by atoms with Crippen LogP contribution in [0.4, 0.5) is 16.0 Å². The molecule has 0 saturated carbocycles. The van der Waals surface area contributed by atoms with E-state index >= 15 is 0 Å². The lowest BCUT2D eigenvalue weighted by Gasteiger charge is -2.41. The third-order valence-electron chi connectivity index (χ3n) is 5.19. The van der Waals surface area contributed by atoms with E-state index in [2.05, 4.69) is 26.7 Å². The summed E-state index contributed by atoms with van der Waals surface area (Å²) >= 11 is 0. The Balaban J connectivity index is 1.43. The van der Waals surface area contributed by atoms with Gasteiger partial charge in [-0.2, -0.15) is 4.98 Å². The highest BCUT2D eigenvalue weighted by Crippen LogP contribution is 2.25. The van der Waals surface area contributed by atoms with Crippen LogP contribution in [0.1, 0.15) is 17.3 Å².